The van der Waals surface area contributed by atoms with Crippen LogP contribution in [-0.4, -0.2) is 65.8 Å². The maximum absolute atomic E-state index is 13.4. The van der Waals surface area contributed by atoms with Crippen molar-refractivity contribution in [2.45, 2.75) is 32.9 Å². The van der Waals surface area contributed by atoms with E-state index >= 15 is 0 Å². The highest BCUT2D eigenvalue weighted by Crippen LogP contribution is 2.14. The first kappa shape index (κ1) is 22.0. The monoisotopic (exact) mass is 411 g/mol. The summed E-state index contributed by atoms with van der Waals surface area (Å²) in [5, 5.41) is 0. The van der Waals surface area contributed by atoms with Crippen LogP contribution in [0.25, 0.3) is 0 Å². The number of nitrogens with zero attached hydrogens (tertiary/aromatic N) is 3. The van der Waals surface area contributed by atoms with Gasteiger partial charge in [0.15, 0.2) is 0 Å². The van der Waals surface area contributed by atoms with Crippen LogP contribution in [0.5, 0.6) is 0 Å². The zero-order valence-corrected chi connectivity index (χ0v) is 18.0. The predicted molar refractivity (Wildman–Crippen MR) is 115 cm³/mol. The molecule has 160 valence electrons. The summed E-state index contributed by atoms with van der Waals surface area (Å²) in [7, 11) is 1.74. The normalized spacial score (nSPS) is 15.7. The molecule has 0 aliphatic carbocycles. The molecule has 1 unspecified atom stereocenters. The van der Waals surface area contributed by atoms with Gasteiger partial charge >= 0.3 is 0 Å². The summed E-state index contributed by atoms with van der Waals surface area (Å²) >= 11 is 0. The van der Waals surface area contributed by atoms with Crippen LogP contribution >= 0.6 is 0 Å². The molecule has 1 aliphatic rings. The summed E-state index contributed by atoms with van der Waals surface area (Å²) in [5.41, 5.74) is 2.96. The zero-order valence-electron chi connectivity index (χ0n) is 18.0. The summed E-state index contributed by atoms with van der Waals surface area (Å²) in [6, 6.07) is 14.0. The van der Waals surface area contributed by atoms with Gasteiger partial charge < -0.3 is 9.80 Å². The number of halogens is 1. The van der Waals surface area contributed by atoms with E-state index in [2.05, 4.69) is 4.90 Å². The molecule has 2 aromatic carbocycles. The van der Waals surface area contributed by atoms with Gasteiger partial charge in [-0.1, -0.05) is 36.4 Å². The number of carbonyl (C=O) groups excluding carboxylic acids is 2. The predicted octanol–water partition coefficient (Wildman–Crippen LogP) is 2.87. The standard InChI is InChI=1S/C24H30FN3O2/c1-18-7-4-5-9-21(18)16-23(29)28-13-11-27(12-14-28)19(2)24(30)26(3)17-20-8-6-10-22(25)15-20/h4-10,15,19H,11-14,16-17H2,1-3H3. The van der Waals surface area contributed by atoms with Crippen LogP contribution < -0.4 is 0 Å². The Bertz CT molecular complexity index is 894. The van der Waals surface area contributed by atoms with E-state index in [1.54, 1.807) is 18.0 Å². The molecule has 1 atom stereocenters. The zero-order chi connectivity index (χ0) is 21.7. The summed E-state index contributed by atoms with van der Waals surface area (Å²) in [6.45, 7) is 6.87. The molecule has 2 amide bonds. The number of hydrogen-bond acceptors (Lipinski definition) is 3. The minimum absolute atomic E-state index is 0.000974. The number of aryl methyl sites for hydroxylation is 1. The molecule has 0 aromatic heterocycles. The second-order valence-electron chi connectivity index (χ2n) is 8.02. The molecule has 1 saturated heterocycles. The molecule has 0 saturated carbocycles. The number of piperazine rings is 1. The van der Waals surface area contributed by atoms with Gasteiger partial charge in [-0.05, 0) is 42.7 Å². The van der Waals surface area contributed by atoms with E-state index in [1.165, 1.54) is 12.1 Å². The molecular formula is C24H30FN3O2. The minimum atomic E-state index is -0.298. The third-order valence-electron chi connectivity index (χ3n) is 5.86. The fourth-order valence-electron chi connectivity index (χ4n) is 3.90. The fraction of sp³-hybridized carbons (Fsp3) is 0.417. The Labute approximate surface area is 178 Å². The third-order valence-corrected chi connectivity index (χ3v) is 5.86. The molecule has 3 rings (SSSR count). The van der Waals surface area contributed by atoms with Crippen molar-refractivity contribution in [3.8, 4) is 0 Å². The van der Waals surface area contributed by atoms with Crippen molar-refractivity contribution in [3.05, 3.63) is 71.0 Å². The van der Waals surface area contributed by atoms with Crippen molar-refractivity contribution in [2.75, 3.05) is 33.2 Å². The molecule has 5 nitrogen and oxygen atoms in total. The van der Waals surface area contributed by atoms with Gasteiger partial charge in [0, 0.05) is 39.8 Å². The van der Waals surface area contributed by atoms with Crippen LogP contribution in [0, 0.1) is 12.7 Å². The Morgan fingerprint density at radius 1 is 1.07 bits per heavy atom. The maximum Gasteiger partial charge on any atom is 0.239 e. The van der Waals surface area contributed by atoms with Crippen LogP contribution in [-0.2, 0) is 22.6 Å². The molecule has 0 N–H and O–H groups in total. The molecule has 1 aliphatic heterocycles. The Balaban J connectivity index is 1.50. The number of likely N-dealkylation sites (N-methyl/N-ethyl adjacent to an activating group) is 1. The van der Waals surface area contributed by atoms with Crippen LogP contribution in [0.2, 0.25) is 0 Å². The second-order valence-corrected chi connectivity index (χ2v) is 8.02. The van der Waals surface area contributed by atoms with Crippen molar-refractivity contribution in [3.63, 3.8) is 0 Å². The summed E-state index contributed by atoms with van der Waals surface area (Å²) in [5.74, 6) is -0.169. The van der Waals surface area contributed by atoms with Crippen LogP contribution in [0.1, 0.15) is 23.6 Å². The molecule has 2 aromatic rings. The average Bonchev–Trinajstić information content (AvgIpc) is 2.74. The van der Waals surface area contributed by atoms with E-state index in [0.29, 0.717) is 39.1 Å². The molecule has 0 spiro atoms. The van der Waals surface area contributed by atoms with Gasteiger partial charge in [-0.3, -0.25) is 14.5 Å². The quantitative estimate of drug-likeness (QED) is 0.734. The van der Waals surface area contributed by atoms with Gasteiger partial charge in [-0.2, -0.15) is 0 Å². The van der Waals surface area contributed by atoms with E-state index in [1.807, 2.05) is 49.1 Å². The molecule has 6 heteroatoms. The van der Waals surface area contributed by atoms with Gasteiger partial charge in [0.2, 0.25) is 11.8 Å². The van der Waals surface area contributed by atoms with E-state index in [4.69, 9.17) is 0 Å². The van der Waals surface area contributed by atoms with Crippen molar-refractivity contribution in [1.82, 2.24) is 14.7 Å². The van der Waals surface area contributed by atoms with E-state index in [-0.39, 0.29) is 23.7 Å². The van der Waals surface area contributed by atoms with Gasteiger partial charge in [0.1, 0.15) is 5.82 Å². The second kappa shape index (κ2) is 9.85. The van der Waals surface area contributed by atoms with Crippen molar-refractivity contribution >= 4 is 11.8 Å². The largest absolute Gasteiger partial charge is 0.340 e. The highest BCUT2D eigenvalue weighted by atomic mass is 19.1. The van der Waals surface area contributed by atoms with Gasteiger partial charge in [0.25, 0.3) is 0 Å². The van der Waals surface area contributed by atoms with E-state index in [0.717, 1.165) is 16.7 Å². The fourth-order valence-corrected chi connectivity index (χ4v) is 3.90. The lowest BCUT2D eigenvalue weighted by molar-refractivity contribution is -0.138. The maximum atomic E-state index is 13.4. The van der Waals surface area contributed by atoms with Gasteiger partial charge in [-0.25, -0.2) is 4.39 Å². The smallest absolute Gasteiger partial charge is 0.239 e. The topological polar surface area (TPSA) is 43.9 Å². The van der Waals surface area contributed by atoms with Crippen molar-refractivity contribution in [2.24, 2.45) is 0 Å². The summed E-state index contributed by atoms with van der Waals surface area (Å²) < 4.78 is 13.4. The molecule has 0 radical (unpaired) electrons. The first-order valence-corrected chi connectivity index (χ1v) is 10.4. The average molecular weight is 412 g/mol. The summed E-state index contributed by atoms with van der Waals surface area (Å²) in [4.78, 5) is 31.1. The number of benzene rings is 2. The highest BCUT2D eigenvalue weighted by molar-refractivity contribution is 5.81. The Hall–Kier alpha value is -2.73. The highest BCUT2D eigenvalue weighted by Gasteiger charge is 2.29. The summed E-state index contributed by atoms with van der Waals surface area (Å²) in [6.07, 6.45) is 0.414. The first-order valence-electron chi connectivity index (χ1n) is 10.4. The molecule has 30 heavy (non-hydrogen) atoms. The van der Waals surface area contributed by atoms with Gasteiger partial charge in [0.05, 0.1) is 12.5 Å². The molecule has 0 bridgehead atoms. The first-order chi connectivity index (χ1) is 14.3. The molecular weight excluding hydrogens is 381 g/mol. The van der Waals surface area contributed by atoms with Crippen molar-refractivity contribution in [1.29, 1.82) is 0 Å². The van der Waals surface area contributed by atoms with E-state index in [9.17, 15) is 14.0 Å². The van der Waals surface area contributed by atoms with Crippen LogP contribution in [0.3, 0.4) is 0 Å². The third kappa shape index (κ3) is 5.45. The Morgan fingerprint density at radius 3 is 2.43 bits per heavy atom. The minimum Gasteiger partial charge on any atom is -0.340 e. The Kier molecular flexibility index (Phi) is 7.21. The number of hydrogen-bond donors (Lipinski definition) is 0. The van der Waals surface area contributed by atoms with Crippen molar-refractivity contribution < 1.29 is 14.0 Å². The van der Waals surface area contributed by atoms with E-state index < -0.39 is 0 Å². The molecule has 1 heterocycles. The van der Waals surface area contributed by atoms with Crippen LogP contribution in [0.4, 0.5) is 4.39 Å². The number of amides is 2. The number of rotatable bonds is 6. The SMILES string of the molecule is Cc1ccccc1CC(=O)N1CCN(C(C)C(=O)N(C)Cc2cccc(F)c2)CC1. The number of carbonyl (C=O) groups is 2. The lowest BCUT2D eigenvalue weighted by Crippen LogP contribution is -2.55. The van der Waals surface area contributed by atoms with Crippen LogP contribution in [0.15, 0.2) is 48.5 Å². The van der Waals surface area contributed by atoms with Gasteiger partial charge in [-0.15, -0.1) is 0 Å². The lowest BCUT2D eigenvalue weighted by atomic mass is 10.0. The lowest BCUT2D eigenvalue weighted by Gasteiger charge is -2.38. The Morgan fingerprint density at radius 2 is 1.77 bits per heavy atom. The molecule has 1 fully saturated rings.